The third kappa shape index (κ3) is 6.89. The Kier molecular flexibility index (Phi) is 8.64. The van der Waals surface area contributed by atoms with Crippen molar-refractivity contribution in [2.45, 2.75) is 39.5 Å². The summed E-state index contributed by atoms with van der Waals surface area (Å²) < 4.78 is 4.65. The molecule has 3 nitrogen and oxygen atoms in total. The fourth-order valence-corrected chi connectivity index (χ4v) is 1.42. The van der Waals surface area contributed by atoms with Gasteiger partial charge in [0.15, 0.2) is 0 Å². The Morgan fingerprint density at radius 1 is 1.14 bits per heavy atom. The van der Waals surface area contributed by atoms with Crippen LogP contribution < -0.4 is 0 Å². The number of nitrogens with zero attached hydrogens (tertiary/aromatic N) is 1. The first-order valence-electron chi connectivity index (χ1n) is 5.53. The molecule has 0 amide bonds. The van der Waals surface area contributed by atoms with Crippen molar-refractivity contribution in [1.29, 1.82) is 0 Å². The van der Waals surface area contributed by atoms with Gasteiger partial charge in [-0.1, -0.05) is 26.7 Å². The fourth-order valence-electron chi connectivity index (χ4n) is 1.42. The summed E-state index contributed by atoms with van der Waals surface area (Å²) in [6.45, 7) is 6.75. The van der Waals surface area contributed by atoms with Crippen molar-refractivity contribution < 1.29 is 9.53 Å². The average Bonchev–Trinajstić information content (AvgIpc) is 2.18. The number of esters is 1. The van der Waals surface area contributed by atoms with Gasteiger partial charge in [0.1, 0.15) is 0 Å². The summed E-state index contributed by atoms with van der Waals surface area (Å²) >= 11 is 0. The van der Waals surface area contributed by atoms with Crippen LogP contribution in [0.15, 0.2) is 0 Å². The zero-order valence-corrected chi connectivity index (χ0v) is 9.71. The summed E-state index contributed by atoms with van der Waals surface area (Å²) in [4.78, 5) is 13.2. The lowest BCUT2D eigenvalue weighted by molar-refractivity contribution is -0.141. The largest absolute Gasteiger partial charge is 0.468 e. The maximum atomic E-state index is 11.1. The number of hydrogen-bond donors (Lipinski definition) is 0. The van der Waals surface area contributed by atoms with Crippen LogP contribution in [0.2, 0.25) is 0 Å². The predicted molar refractivity (Wildman–Crippen MR) is 58.3 cm³/mol. The standard InChI is InChI=1S/C11H23NO2/c1-4-6-7-9-12(8-5-2)10-11(13)14-3/h4-10H2,1-3H3. The molecule has 0 fully saturated rings. The van der Waals surface area contributed by atoms with E-state index < -0.39 is 0 Å². The lowest BCUT2D eigenvalue weighted by Gasteiger charge is -2.19. The van der Waals surface area contributed by atoms with Crippen molar-refractivity contribution in [1.82, 2.24) is 4.90 Å². The van der Waals surface area contributed by atoms with E-state index in [1.54, 1.807) is 0 Å². The quantitative estimate of drug-likeness (QED) is 0.445. The molecule has 0 N–H and O–H groups in total. The minimum atomic E-state index is -0.130. The maximum absolute atomic E-state index is 11.1. The van der Waals surface area contributed by atoms with Crippen LogP contribution in [0, 0.1) is 0 Å². The van der Waals surface area contributed by atoms with Gasteiger partial charge in [-0.25, -0.2) is 0 Å². The molecular weight excluding hydrogens is 178 g/mol. The molecule has 0 atom stereocenters. The Bertz CT molecular complexity index is 148. The molecule has 0 aromatic rings. The molecule has 0 rings (SSSR count). The van der Waals surface area contributed by atoms with Crippen molar-refractivity contribution >= 4 is 5.97 Å². The smallest absolute Gasteiger partial charge is 0.319 e. The van der Waals surface area contributed by atoms with Gasteiger partial charge in [0.2, 0.25) is 0 Å². The Morgan fingerprint density at radius 3 is 2.36 bits per heavy atom. The van der Waals surface area contributed by atoms with E-state index in [-0.39, 0.29) is 5.97 Å². The number of rotatable bonds is 8. The van der Waals surface area contributed by atoms with Crippen LogP contribution in [-0.2, 0) is 9.53 Å². The Morgan fingerprint density at radius 2 is 1.86 bits per heavy atom. The molecule has 0 bridgehead atoms. The van der Waals surface area contributed by atoms with E-state index >= 15 is 0 Å². The third-order valence-electron chi connectivity index (χ3n) is 2.20. The molecule has 0 aliphatic carbocycles. The zero-order valence-electron chi connectivity index (χ0n) is 9.71. The zero-order chi connectivity index (χ0) is 10.8. The minimum Gasteiger partial charge on any atom is -0.468 e. The summed E-state index contributed by atoms with van der Waals surface area (Å²) in [6.07, 6.45) is 4.72. The van der Waals surface area contributed by atoms with Crippen LogP contribution in [0.5, 0.6) is 0 Å². The highest BCUT2D eigenvalue weighted by Crippen LogP contribution is 1.99. The minimum absolute atomic E-state index is 0.130. The number of ether oxygens (including phenoxy) is 1. The van der Waals surface area contributed by atoms with Gasteiger partial charge in [-0.15, -0.1) is 0 Å². The number of carbonyl (C=O) groups excluding carboxylic acids is 1. The lowest BCUT2D eigenvalue weighted by atomic mass is 10.2. The number of hydrogen-bond acceptors (Lipinski definition) is 3. The average molecular weight is 201 g/mol. The molecule has 0 saturated carbocycles. The van der Waals surface area contributed by atoms with E-state index in [9.17, 15) is 4.79 Å². The van der Waals surface area contributed by atoms with Crippen molar-refractivity contribution in [3.63, 3.8) is 0 Å². The van der Waals surface area contributed by atoms with Gasteiger partial charge in [0, 0.05) is 0 Å². The Hall–Kier alpha value is -0.570. The van der Waals surface area contributed by atoms with Crippen molar-refractivity contribution in [3.05, 3.63) is 0 Å². The molecule has 0 spiro atoms. The second kappa shape index (κ2) is 9.00. The molecule has 0 unspecified atom stereocenters. The van der Waals surface area contributed by atoms with Gasteiger partial charge in [-0.2, -0.15) is 0 Å². The van der Waals surface area contributed by atoms with E-state index in [4.69, 9.17) is 0 Å². The Balaban J connectivity index is 3.70. The third-order valence-corrected chi connectivity index (χ3v) is 2.20. The van der Waals surface area contributed by atoms with E-state index in [0.29, 0.717) is 6.54 Å². The first-order valence-corrected chi connectivity index (χ1v) is 5.53. The molecule has 0 saturated heterocycles. The summed E-state index contributed by atoms with van der Waals surface area (Å²) in [5.74, 6) is -0.130. The van der Waals surface area contributed by atoms with Crippen molar-refractivity contribution in [2.75, 3.05) is 26.7 Å². The topological polar surface area (TPSA) is 29.5 Å². The van der Waals surface area contributed by atoms with Gasteiger partial charge in [-0.05, 0) is 25.9 Å². The molecule has 0 aromatic heterocycles. The first-order chi connectivity index (χ1) is 6.74. The summed E-state index contributed by atoms with van der Waals surface area (Å²) in [5.41, 5.74) is 0. The number of methoxy groups -OCH3 is 1. The van der Waals surface area contributed by atoms with Crippen LogP contribution in [0.4, 0.5) is 0 Å². The van der Waals surface area contributed by atoms with Crippen LogP contribution in [-0.4, -0.2) is 37.6 Å². The molecule has 0 radical (unpaired) electrons. The highest BCUT2D eigenvalue weighted by Gasteiger charge is 2.08. The number of unbranched alkanes of at least 4 members (excludes halogenated alkanes) is 2. The molecule has 3 heteroatoms. The molecular formula is C11H23NO2. The second-order valence-electron chi connectivity index (χ2n) is 3.56. The summed E-state index contributed by atoms with van der Waals surface area (Å²) in [6, 6.07) is 0. The van der Waals surface area contributed by atoms with Gasteiger partial charge in [0.25, 0.3) is 0 Å². The fraction of sp³-hybridized carbons (Fsp3) is 0.909. The SMILES string of the molecule is CCCCCN(CCC)CC(=O)OC. The van der Waals surface area contributed by atoms with Crippen LogP contribution >= 0.6 is 0 Å². The molecule has 0 heterocycles. The first kappa shape index (κ1) is 13.4. The predicted octanol–water partition coefficient (Wildman–Crippen LogP) is 2.06. The van der Waals surface area contributed by atoms with Gasteiger partial charge < -0.3 is 4.74 Å². The van der Waals surface area contributed by atoms with Gasteiger partial charge in [0.05, 0.1) is 13.7 Å². The maximum Gasteiger partial charge on any atom is 0.319 e. The highest BCUT2D eigenvalue weighted by atomic mass is 16.5. The second-order valence-corrected chi connectivity index (χ2v) is 3.56. The van der Waals surface area contributed by atoms with Crippen LogP contribution in [0.3, 0.4) is 0 Å². The van der Waals surface area contributed by atoms with Gasteiger partial charge in [-0.3, -0.25) is 9.69 Å². The van der Waals surface area contributed by atoms with E-state index in [2.05, 4.69) is 23.5 Å². The summed E-state index contributed by atoms with van der Waals surface area (Å²) in [7, 11) is 1.44. The van der Waals surface area contributed by atoms with Crippen molar-refractivity contribution in [3.8, 4) is 0 Å². The van der Waals surface area contributed by atoms with Crippen LogP contribution in [0.1, 0.15) is 39.5 Å². The Labute approximate surface area is 87.4 Å². The normalized spacial score (nSPS) is 10.6. The number of carbonyl (C=O) groups is 1. The van der Waals surface area contributed by atoms with Crippen LogP contribution in [0.25, 0.3) is 0 Å². The highest BCUT2D eigenvalue weighted by molar-refractivity contribution is 5.71. The lowest BCUT2D eigenvalue weighted by Crippen LogP contribution is -2.32. The monoisotopic (exact) mass is 201 g/mol. The molecule has 0 aliphatic heterocycles. The van der Waals surface area contributed by atoms with E-state index in [0.717, 1.165) is 19.5 Å². The van der Waals surface area contributed by atoms with E-state index in [1.165, 1.54) is 26.4 Å². The van der Waals surface area contributed by atoms with Gasteiger partial charge >= 0.3 is 5.97 Å². The molecule has 0 aliphatic rings. The molecule has 84 valence electrons. The molecule has 14 heavy (non-hydrogen) atoms. The summed E-state index contributed by atoms with van der Waals surface area (Å²) in [5, 5.41) is 0. The van der Waals surface area contributed by atoms with Crippen molar-refractivity contribution in [2.24, 2.45) is 0 Å². The molecule has 0 aromatic carbocycles. The van der Waals surface area contributed by atoms with E-state index in [1.807, 2.05) is 0 Å².